The molecule has 0 bridgehead atoms. The van der Waals surface area contributed by atoms with E-state index >= 15 is 0 Å². The molecule has 0 unspecified atom stereocenters. The van der Waals surface area contributed by atoms with Gasteiger partial charge in [0.25, 0.3) is 5.91 Å². The standard InChI is InChI=1S/C18H28N2O2/c1-13(2)12-16(21)19-10-11-20-17(22)14-6-8-15(9-7-14)18(3,4)5/h6-9,13H,10-12H2,1-5H3,(H,19,21)(H,20,22). The molecule has 0 aromatic heterocycles. The summed E-state index contributed by atoms with van der Waals surface area (Å²) in [6.45, 7) is 11.3. The molecule has 0 saturated carbocycles. The van der Waals surface area contributed by atoms with Crippen LogP contribution in [0, 0.1) is 5.92 Å². The first-order valence-electron chi connectivity index (χ1n) is 7.85. The van der Waals surface area contributed by atoms with Crippen molar-refractivity contribution >= 4 is 11.8 Å². The maximum absolute atomic E-state index is 12.0. The highest BCUT2D eigenvalue weighted by atomic mass is 16.2. The molecule has 2 amide bonds. The number of carbonyl (C=O) groups is 2. The minimum Gasteiger partial charge on any atom is -0.354 e. The second kappa shape index (κ2) is 7.97. The molecule has 4 heteroatoms. The molecule has 0 atom stereocenters. The molecule has 1 aromatic rings. The molecule has 1 rings (SSSR count). The number of hydrogen-bond acceptors (Lipinski definition) is 2. The topological polar surface area (TPSA) is 58.2 Å². The molecule has 0 fully saturated rings. The Morgan fingerprint density at radius 3 is 2.05 bits per heavy atom. The number of amides is 2. The zero-order chi connectivity index (χ0) is 16.8. The zero-order valence-corrected chi connectivity index (χ0v) is 14.3. The fourth-order valence-corrected chi connectivity index (χ4v) is 2.04. The van der Waals surface area contributed by atoms with Gasteiger partial charge in [0, 0.05) is 25.1 Å². The van der Waals surface area contributed by atoms with Gasteiger partial charge in [0.15, 0.2) is 0 Å². The second-order valence-electron chi connectivity index (χ2n) is 7.03. The predicted octanol–water partition coefficient (Wildman–Crippen LogP) is 2.88. The molecule has 0 heterocycles. The van der Waals surface area contributed by atoms with Gasteiger partial charge < -0.3 is 10.6 Å². The molecule has 0 saturated heterocycles. The van der Waals surface area contributed by atoms with E-state index in [1.165, 1.54) is 5.56 Å². The van der Waals surface area contributed by atoms with Crippen molar-refractivity contribution < 1.29 is 9.59 Å². The fraction of sp³-hybridized carbons (Fsp3) is 0.556. The third-order valence-corrected chi connectivity index (χ3v) is 3.34. The molecular weight excluding hydrogens is 276 g/mol. The number of benzene rings is 1. The van der Waals surface area contributed by atoms with E-state index in [-0.39, 0.29) is 17.2 Å². The highest BCUT2D eigenvalue weighted by Crippen LogP contribution is 2.22. The van der Waals surface area contributed by atoms with Crippen molar-refractivity contribution in [2.24, 2.45) is 5.92 Å². The molecule has 0 aliphatic carbocycles. The molecule has 1 aromatic carbocycles. The van der Waals surface area contributed by atoms with Crippen molar-refractivity contribution in [2.75, 3.05) is 13.1 Å². The van der Waals surface area contributed by atoms with E-state index in [1.54, 1.807) is 0 Å². The summed E-state index contributed by atoms with van der Waals surface area (Å²) in [5.41, 5.74) is 1.92. The first-order chi connectivity index (χ1) is 10.2. The number of hydrogen-bond donors (Lipinski definition) is 2. The van der Waals surface area contributed by atoms with Crippen LogP contribution in [0.25, 0.3) is 0 Å². The Bertz CT molecular complexity index is 499. The summed E-state index contributed by atoms with van der Waals surface area (Å²) >= 11 is 0. The lowest BCUT2D eigenvalue weighted by Gasteiger charge is -2.19. The number of nitrogens with one attached hydrogen (secondary N) is 2. The summed E-state index contributed by atoms with van der Waals surface area (Å²) in [6, 6.07) is 7.65. The van der Waals surface area contributed by atoms with Crippen LogP contribution in [0.5, 0.6) is 0 Å². The van der Waals surface area contributed by atoms with Crippen LogP contribution in [-0.4, -0.2) is 24.9 Å². The Kier molecular flexibility index (Phi) is 6.60. The normalized spacial score (nSPS) is 11.4. The van der Waals surface area contributed by atoms with Crippen LogP contribution in [0.4, 0.5) is 0 Å². The monoisotopic (exact) mass is 304 g/mol. The summed E-state index contributed by atoms with van der Waals surface area (Å²) in [4.78, 5) is 23.5. The average molecular weight is 304 g/mol. The number of rotatable bonds is 6. The smallest absolute Gasteiger partial charge is 0.251 e. The van der Waals surface area contributed by atoms with Crippen LogP contribution >= 0.6 is 0 Å². The zero-order valence-electron chi connectivity index (χ0n) is 14.3. The SMILES string of the molecule is CC(C)CC(=O)NCCNC(=O)c1ccc(C(C)(C)C)cc1. The van der Waals surface area contributed by atoms with E-state index in [0.717, 1.165) is 0 Å². The molecule has 122 valence electrons. The van der Waals surface area contributed by atoms with E-state index < -0.39 is 0 Å². The van der Waals surface area contributed by atoms with Crippen molar-refractivity contribution in [3.05, 3.63) is 35.4 Å². The third-order valence-electron chi connectivity index (χ3n) is 3.34. The van der Waals surface area contributed by atoms with Crippen LogP contribution in [0.3, 0.4) is 0 Å². The third kappa shape index (κ3) is 6.29. The fourth-order valence-electron chi connectivity index (χ4n) is 2.04. The minimum atomic E-state index is -0.112. The largest absolute Gasteiger partial charge is 0.354 e. The predicted molar refractivity (Wildman–Crippen MR) is 89.9 cm³/mol. The van der Waals surface area contributed by atoms with Gasteiger partial charge in [0.05, 0.1) is 0 Å². The van der Waals surface area contributed by atoms with Crippen LogP contribution in [0.1, 0.15) is 57.0 Å². The lowest BCUT2D eigenvalue weighted by Crippen LogP contribution is -2.35. The van der Waals surface area contributed by atoms with Gasteiger partial charge in [-0.25, -0.2) is 0 Å². The second-order valence-corrected chi connectivity index (χ2v) is 7.03. The summed E-state index contributed by atoms with van der Waals surface area (Å²) in [6.07, 6.45) is 0.516. The first-order valence-corrected chi connectivity index (χ1v) is 7.85. The molecule has 4 nitrogen and oxygen atoms in total. The Labute approximate surface area is 133 Å². The van der Waals surface area contributed by atoms with Crippen LogP contribution in [0.15, 0.2) is 24.3 Å². The molecule has 0 spiro atoms. The van der Waals surface area contributed by atoms with Crippen molar-refractivity contribution in [3.63, 3.8) is 0 Å². The summed E-state index contributed by atoms with van der Waals surface area (Å²) in [7, 11) is 0. The van der Waals surface area contributed by atoms with Crippen LogP contribution in [0.2, 0.25) is 0 Å². The van der Waals surface area contributed by atoms with E-state index in [4.69, 9.17) is 0 Å². The maximum Gasteiger partial charge on any atom is 0.251 e. The Morgan fingerprint density at radius 2 is 1.55 bits per heavy atom. The quantitative estimate of drug-likeness (QED) is 0.794. The van der Waals surface area contributed by atoms with Crippen molar-refractivity contribution in [1.82, 2.24) is 10.6 Å². The first kappa shape index (κ1) is 18.2. The maximum atomic E-state index is 12.0. The highest BCUT2D eigenvalue weighted by molar-refractivity contribution is 5.94. The minimum absolute atomic E-state index is 0.0266. The Morgan fingerprint density at radius 1 is 1.00 bits per heavy atom. The van der Waals surface area contributed by atoms with Gasteiger partial charge in [0.1, 0.15) is 0 Å². The number of carbonyl (C=O) groups excluding carboxylic acids is 2. The Balaban J connectivity index is 2.38. The summed E-state index contributed by atoms with van der Waals surface area (Å²) in [5, 5.41) is 5.61. The summed E-state index contributed by atoms with van der Waals surface area (Å²) < 4.78 is 0. The van der Waals surface area contributed by atoms with Crippen molar-refractivity contribution in [3.8, 4) is 0 Å². The molecule has 0 aliphatic heterocycles. The Hall–Kier alpha value is -1.84. The van der Waals surface area contributed by atoms with E-state index in [1.807, 2.05) is 38.1 Å². The van der Waals surface area contributed by atoms with Crippen LogP contribution in [-0.2, 0) is 10.2 Å². The van der Waals surface area contributed by atoms with Gasteiger partial charge in [0.2, 0.25) is 5.91 Å². The molecule has 0 radical (unpaired) electrons. The van der Waals surface area contributed by atoms with Crippen molar-refractivity contribution in [1.29, 1.82) is 0 Å². The van der Waals surface area contributed by atoms with Gasteiger partial charge in [-0.1, -0.05) is 46.8 Å². The average Bonchev–Trinajstić information content (AvgIpc) is 2.42. The highest BCUT2D eigenvalue weighted by Gasteiger charge is 2.14. The van der Waals surface area contributed by atoms with Crippen LogP contribution < -0.4 is 10.6 Å². The van der Waals surface area contributed by atoms with Gasteiger partial charge in [-0.15, -0.1) is 0 Å². The van der Waals surface area contributed by atoms with Crippen molar-refractivity contribution in [2.45, 2.75) is 46.5 Å². The van der Waals surface area contributed by atoms with Gasteiger partial charge in [-0.05, 0) is 29.0 Å². The van der Waals surface area contributed by atoms with Gasteiger partial charge in [-0.3, -0.25) is 9.59 Å². The molecule has 22 heavy (non-hydrogen) atoms. The molecular formula is C18H28N2O2. The molecule has 2 N–H and O–H groups in total. The van der Waals surface area contributed by atoms with E-state index in [2.05, 4.69) is 31.4 Å². The van der Waals surface area contributed by atoms with Gasteiger partial charge in [-0.2, -0.15) is 0 Å². The molecule has 0 aliphatic rings. The lowest BCUT2D eigenvalue weighted by atomic mass is 9.87. The lowest BCUT2D eigenvalue weighted by molar-refractivity contribution is -0.121. The van der Waals surface area contributed by atoms with E-state index in [9.17, 15) is 9.59 Å². The summed E-state index contributed by atoms with van der Waals surface area (Å²) in [5.74, 6) is 0.258. The van der Waals surface area contributed by atoms with Gasteiger partial charge >= 0.3 is 0 Å². The van der Waals surface area contributed by atoms with E-state index in [0.29, 0.717) is 31.0 Å².